The molecule has 1 aromatic carbocycles. The minimum Gasteiger partial charge on any atom is -0.358 e. The third-order valence-corrected chi connectivity index (χ3v) is 6.22. The molecule has 0 unspecified atom stereocenters. The summed E-state index contributed by atoms with van der Waals surface area (Å²) < 4.78 is 0. The first kappa shape index (κ1) is 17.7. The summed E-state index contributed by atoms with van der Waals surface area (Å²) in [7, 11) is 0. The van der Waals surface area contributed by atoms with Crippen LogP contribution < -0.4 is 0 Å². The summed E-state index contributed by atoms with van der Waals surface area (Å²) in [6.07, 6.45) is 6.73. The van der Waals surface area contributed by atoms with Gasteiger partial charge in [0.05, 0.1) is 0 Å². The number of likely N-dealkylation sites (tertiary alicyclic amines) is 1. The largest absolute Gasteiger partial charge is 0.358 e. The van der Waals surface area contributed by atoms with Crippen LogP contribution in [0.4, 0.5) is 0 Å². The van der Waals surface area contributed by atoms with Crippen LogP contribution in [0.25, 0.3) is 10.9 Å². The summed E-state index contributed by atoms with van der Waals surface area (Å²) in [6.45, 7) is 3.29. The second kappa shape index (κ2) is 7.22. The number of amides is 1. The van der Waals surface area contributed by atoms with Crippen molar-refractivity contribution in [3.8, 4) is 0 Å². The van der Waals surface area contributed by atoms with Gasteiger partial charge in [0.1, 0.15) is 6.04 Å². The van der Waals surface area contributed by atoms with E-state index in [-0.39, 0.29) is 11.9 Å². The molecular weight excluding hydrogens is 372 g/mol. The Morgan fingerprint density at radius 3 is 2.82 bits per heavy atom. The van der Waals surface area contributed by atoms with Crippen LogP contribution in [0.15, 0.2) is 42.7 Å². The lowest BCUT2D eigenvalue weighted by atomic mass is 10.0. The third-order valence-electron chi connectivity index (χ3n) is 5.99. The Hall–Kier alpha value is -2.37. The highest BCUT2D eigenvalue weighted by Gasteiger charge is 2.35. The fraction of sp³-hybridized carbons (Fsp3) is 0.364. The maximum atomic E-state index is 13.6. The molecule has 0 radical (unpaired) electrons. The molecular formula is C22H23ClN4O. The lowest BCUT2D eigenvalue weighted by Crippen LogP contribution is -2.44. The number of H-pyrrole nitrogens is 1. The van der Waals surface area contributed by atoms with Gasteiger partial charge in [-0.15, -0.1) is 0 Å². The third kappa shape index (κ3) is 3.09. The molecule has 1 saturated heterocycles. The molecule has 0 aliphatic carbocycles. The van der Waals surface area contributed by atoms with Crippen LogP contribution in [0.2, 0.25) is 5.02 Å². The maximum absolute atomic E-state index is 13.6. The molecule has 5 rings (SSSR count). The zero-order valence-corrected chi connectivity index (χ0v) is 16.5. The van der Waals surface area contributed by atoms with E-state index in [0.717, 1.165) is 60.4 Å². The Morgan fingerprint density at radius 2 is 2.04 bits per heavy atom. The molecule has 1 amide bonds. The maximum Gasteiger partial charge on any atom is 0.244 e. The number of fused-ring (bicyclic) bond motifs is 3. The molecule has 0 saturated carbocycles. The second-order valence-electron chi connectivity index (χ2n) is 7.71. The minimum atomic E-state index is -0.244. The number of nitrogens with zero attached hydrogens (tertiary/aromatic N) is 3. The molecule has 2 aliphatic heterocycles. The molecule has 28 heavy (non-hydrogen) atoms. The van der Waals surface area contributed by atoms with Crippen molar-refractivity contribution in [3.05, 3.63) is 64.6 Å². The van der Waals surface area contributed by atoms with Gasteiger partial charge in [-0.3, -0.25) is 14.7 Å². The lowest BCUT2D eigenvalue weighted by Gasteiger charge is -2.34. The summed E-state index contributed by atoms with van der Waals surface area (Å²) in [6, 6.07) is 9.62. The highest BCUT2D eigenvalue weighted by molar-refractivity contribution is 6.31. The smallest absolute Gasteiger partial charge is 0.244 e. The van der Waals surface area contributed by atoms with E-state index in [1.54, 1.807) is 6.20 Å². The van der Waals surface area contributed by atoms with E-state index < -0.39 is 0 Å². The van der Waals surface area contributed by atoms with Crippen molar-refractivity contribution in [2.45, 2.75) is 31.8 Å². The molecule has 3 aromatic rings. The number of halogens is 1. The topological polar surface area (TPSA) is 52.2 Å². The molecule has 1 fully saturated rings. The molecule has 2 aromatic heterocycles. The number of pyridine rings is 1. The van der Waals surface area contributed by atoms with Crippen molar-refractivity contribution in [1.29, 1.82) is 0 Å². The minimum absolute atomic E-state index is 0.178. The highest BCUT2D eigenvalue weighted by atomic mass is 35.5. The number of nitrogens with one attached hydrogen (secondary N) is 1. The SMILES string of the molecule is O=C([C@@H](c1cccnc1)N1CCCC1)N1CCc2[nH]c3ccc(Cl)cc3c2C1. The Kier molecular flexibility index (Phi) is 4.57. The van der Waals surface area contributed by atoms with Crippen LogP contribution in [0, 0.1) is 0 Å². The number of benzene rings is 1. The van der Waals surface area contributed by atoms with Gasteiger partial charge in [-0.25, -0.2) is 0 Å². The van der Waals surface area contributed by atoms with Gasteiger partial charge in [-0.05, 0) is 55.8 Å². The normalized spacial score (nSPS) is 18.4. The molecule has 1 N–H and O–H groups in total. The lowest BCUT2D eigenvalue weighted by molar-refractivity contribution is -0.138. The monoisotopic (exact) mass is 394 g/mol. The van der Waals surface area contributed by atoms with Crippen molar-refractivity contribution < 1.29 is 4.79 Å². The van der Waals surface area contributed by atoms with Crippen molar-refractivity contribution in [2.75, 3.05) is 19.6 Å². The Labute approximate surface area is 169 Å². The van der Waals surface area contributed by atoms with Crippen LogP contribution in [0.5, 0.6) is 0 Å². The Balaban J connectivity index is 1.47. The first-order chi connectivity index (χ1) is 13.7. The van der Waals surface area contributed by atoms with Gasteiger partial charge in [0.25, 0.3) is 0 Å². The first-order valence-electron chi connectivity index (χ1n) is 9.92. The zero-order valence-electron chi connectivity index (χ0n) is 15.7. The van der Waals surface area contributed by atoms with Crippen molar-refractivity contribution in [1.82, 2.24) is 19.8 Å². The summed E-state index contributed by atoms with van der Waals surface area (Å²) in [4.78, 5) is 25.7. The predicted octanol–water partition coefficient (Wildman–Crippen LogP) is 3.94. The molecule has 2 aliphatic rings. The number of rotatable bonds is 3. The Morgan fingerprint density at radius 1 is 1.18 bits per heavy atom. The number of aromatic amines is 1. The van der Waals surface area contributed by atoms with Gasteiger partial charge in [-0.2, -0.15) is 0 Å². The number of aromatic nitrogens is 2. The zero-order chi connectivity index (χ0) is 19.1. The van der Waals surface area contributed by atoms with E-state index in [9.17, 15) is 4.79 Å². The highest BCUT2D eigenvalue weighted by Crippen LogP contribution is 2.33. The molecule has 144 valence electrons. The molecule has 4 heterocycles. The average molecular weight is 395 g/mol. The average Bonchev–Trinajstić information content (AvgIpc) is 3.36. The van der Waals surface area contributed by atoms with E-state index in [1.165, 1.54) is 11.3 Å². The number of hydrogen-bond donors (Lipinski definition) is 1. The predicted molar refractivity (Wildman–Crippen MR) is 110 cm³/mol. The van der Waals surface area contributed by atoms with E-state index in [2.05, 4.69) is 14.9 Å². The van der Waals surface area contributed by atoms with Gasteiger partial charge >= 0.3 is 0 Å². The molecule has 1 atom stereocenters. The van der Waals surface area contributed by atoms with Gasteiger partial charge in [0, 0.05) is 59.1 Å². The van der Waals surface area contributed by atoms with Crippen molar-refractivity contribution in [3.63, 3.8) is 0 Å². The molecule has 6 heteroatoms. The number of carbonyl (C=O) groups excluding carboxylic acids is 1. The number of carbonyl (C=O) groups is 1. The van der Waals surface area contributed by atoms with Crippen molar-refractivity contribution in [2.24, 2.45) is 0 Å². The summed E-state index contributed by atoms with van der Waals surface area (Å²) in [5.41, 5.74) is 4.50. The van der Waals surface area contributed by atoms with Crippen LogP contribution in [-0.4, -0.2) is 45.3 Å². The number of hydrogen-bond acceptors (Lipinski definition) is 3. The second-order valence-corrected chi connectivity index (χ2v) is 8.15. The van der Waals surface area contributed by atoms with Crippen LogP contribution in [0.3, 0.4) is 0 Å². The van der Waals surface area contributed by atoms with E-state index in [1.807, 2.05) is 41.4 Å². The summed E-state index contributed by atoms with van der Waals surface area (Å²) in [5.74, 6) is 0.178. The standard InChI is InChI=1S/C22H23ClN4O/c23-16-5-6-19-17(12-16)18-14-27(11-7-20(18)25-19)22(28)21(26-9-1-2-10-26)15-4-3-8-24-13-15/h3-6,8,12-13,21,25H,1-2,7,9-11,14H2/t21-/m1/s1. The van der Waals surface area contributed by atoms with Crippen LogP contribution in [-0.2, 0) is 17.8 Å². The van der Waals surface area contributed by atoms with Gasteiger partial charge in [0.2, 0.25) is 5.91 Å². The Bertz CT molecular complexity index is 1010. The fourth-order valence-corrected chi connectivity index (χ4v) is 4.77. The van der Waals surface area contributed by atoms with E-state index in [4.69, 9.17) is 11.6 Å². The van der Waals surface area contributed by atoms with Gasteiger partial charge in [-0.1, -0.05) is 17.7 Å². The van der Waals surface area contributed by atoms with E-state index >= 15 is 0 Å². The van der Waals surface area contributed by atoms with Gasteiger partial charge in [0.15, 0.2) is 0 Å². The van der Waals surface area contributed by atoms with Crippen molar-refractivity contribution >= 4 is 28.4 Å². The van der Waals surface area contributed by atoms with Crippen LogP contribution in [0.1, 0.15) is 35.7 Å². The first-order valence-corrected chi connectivity index (χ1v) is 10.3. The fourth-order valence-electron chi connectivity index (χ4n) is 4.59. The van der Waals surface area contributed by atoms with Crippen LogP contribution >= 0.6 is 11.6 Å². The van der Waals surface area contributed by atoms with Gasteiger partial charge < -0.3 is 9.88 Å². The molecule has 0 spiro atoms. The summed E-state index contributed by atoms with van der Waals surface area (Å²) in [5, 5.41) is 1.85. The molecule has 0 bridgehead atoms. The molecule has 5 nitrogen and oxygen atoms in total. The summed E-state index contributed by atoms with van der Waals surface area (Å²) >= 11 is 6.23. The quantitative estimate of drug-likeness (QED) is 0.732. The van der Waals surface area contributed by atoms with E-state index in [0.29, 0.717) is 6.54 Å².